The first-order chi connectivity index (χ1) is 12.8. The van der Waals surface area contributed by atoms with Crippen molar-refractivity contribution in [3.63, 3.8) is 0 Å². The van der Waals surface area contributed by atoms with Crippen LogP contribution >= 0.6 is 0 Å². The van der Waals surface area contributed by atoms with Gasteiger partial charge in [-0.3, -0.25) is 9.59 Å². The van der Waals surface area contributed by atoms with Gasteiger partial charge in [-0.1, -0.05) is 36.9 Å². The molecule has 0 unspecified atom stereocenters. The Morgan fingerprint density at radius 1 is 0.926 bits per heavy atom. The molecule has 0 aliphatic carbocycles. The Kier molecular flexibility index (Phi) is 3.64. The SMILES string of the molecule is C=CS(=O)(=O)c1cccc(N2C(=O)c3c(N)cc4ccccc4c3C2=O)c1. The number of nitrogen functional groups attached to an aromatic ring is 1. The van der Waals surface area contributed by atoms with E-state index < -0.39 is 21.7 Å². The van der Waals surface area contributed by atoms with Gasteiger partial charge < -0.3 is 5.73 Å². The fourth-order valence-electron chi connectivity index (χ4n) is 3.27. The molecule has 3 aromatic rings. The van der Waals surface area contributed by atoms with Crippen molar-refractivity contribution in [3.05, 3.63) is 77.7 Å². The third-order valence-electron chi connectivity index (χ3n) is 4.54. The number of carbonyl (C=O) groups is 2. The molecule has 4 rings (SSSR count). The van der Waals surface area contributed by atoms with E-state index in [1.165, 1.54) is 24.3 Å². The summed E-state index contributed by atoms with van der Waals surface area (Å²) in [5, 5.41) is 2.19. The summed E-state index contributed by atoms with van der Waals surface area (Å²) >= 11 is 0. The number of nitrogens with zero attached hydrogens (tertiary/aromatic N) is 1. The molecule has 0 saturated carbocycles. The molecule has 0 bridgehead atoms. The zero-order valence-electron chi connectivity index (χ0n) is 14.0. The van der Waals surface area contributed by atoms with Gasteiger partial charge in [-0.05, 0) is 35.0 Å². The summed E-state index contributed by atoms with van der Waals surface area (Å²) in [7, 11) is -3.71. The van der Waals surface area contributed by atoms with Crippen LogP contribution in [0.4, 0.5) is 11.4 Å². The van der Waals surface area contributed by atoms with Gasteiger partial charge in [0.2, 0.25) is 0 Å². The zero-order chi connectivity index (χ0) is 19.3. The molecule has 1 heterocycles. The smallest absolute Gasteiger partial charge is 0.268 e. The molecule has 0 aromatic heterocycles. The quantitative estimate of drug-likeness (QED) is 0.558. The van der Waals surface area contributed by atoms with Crippen molar-refractivity contribution in [1.29, 1.82) is 0 Å². The van der Waals surface area contributed by atoms with Gasteiger partial charge in [0.25, 0.3) is 11.8 Å². The number of rotatable bonds is 3. The lowest BCUT2D eigenvalue weighted by atomic mass is 9.99. The maximum absolute atomic E-state index is 13.1. The second kappa shape index (κ2) is 5.78. The lowest BCUT2D eigenvalue weighted by Crippen LogP contribution is -2.29. The monoisotopic (exact) mass is 378 g/mol. The second-order valence-electron chi connectivity index (χ2n) is 6.09. The molecular weight excluding hydrogens is 364 g/mol. The van der Waals surface area contributed by atoms with Gasteiger partial charge in [0.1, 0.15) is 0 Å². The van der Waals surface area contributed by atoms with E-state index >= 15 is 0 Å². The molecule has 2 N–H and O–H groups in total. The van der Waals surface area contributed by atoms with E-state index in [0.717, 1.165) is 15.7 Å². The summed E-state index contributed by atoms with van der Waals surface area (Å²) in [6.07, 6.45) is 0. The van der Waals surface area contributed by atoms with Gasteiger partial charge in [-0.15, -0.1) is 0 Å². The lowest BCUT2D eigenvalue weighted by Gasteiger charge is -2.14. The predicted octanol–water partition coefficient (Wildman–Crippen LogP) is 3.14. The van der Waals surface area contributed by atoms with Gasteiger partial charge in [-0.2, -0.15) is 0 Å². The third-order valence-corrected chi connectivity index (χ3v) is 5.89. The lowest BCUT2D eigenvalue weighted by molar-refractivity contribution is 0.0927. The van der Waals surface area contributed by atoms with Crippen LogP contribution in [-0.4, -0.2) is 20.2 Å². The van der Waals surface area contributed by atoms with Crippen LogP contribution in [0.15, 0.2) is 71.5 Å². The van der Waals surface area contributed by atoms with E-state index in [2.05, 4.69) is 6.58 Å². The standard InChI is InChI=1S/C20H14N2O4S/c1-2-27(25,26)14-8-5-7-13(11-14)22-19(23)17-15-9-4-3-6-12(15)10-16(21)18(17)20(22)24/h2-11H,1,21H2. The van der Waals surface area contributed by atoms with Crippen LogP contribution in [0.2, 0.25) is 0 Å². The van der Waals surface area contributed by atoms with Crippen molar-refractivity contribution in [2.24, 2.45) is 0 Å². The Hall–Kier alpha value is -3.45. The fraction of sp³-hybridized carbons (Fsp3) is 0. The first-order valence-corrected chi connectivity index (χ1v) is 9.57. The molecule has 2 amide bonds. The summed E-state index contributed by atoms with van der Waals surface area (Å²) in [5.74, 6) is -1.11. The molecule has 0 atom stereocenters. The van der Waals surface area contributed by atoms with Gasteiger partial charge >= 0.3 is 0 Å². The van der Waals surface area contributed by atoms with Crippen LogP contribution in [0, 0.1) is 0 Å². The zero-order valence-corrected chi connectivity index (χ0v) is 14.9. The first kappa shape index (κ1) is 17.0. The highest BCUT2D eigenvalue weighted by atomic mass is 32.2. The van der Waals surface area contributed by atoms with E-state index in [4.69, 9.17) is 5.73 Å². The Bertz CT molecular complexity index is 1260. The van der Waals surface area contributed by atoms with Gasteiger partial charge in [0.15, 0.2) is 9.84 Å². The minimum absolute atomic E-state index is 0.0515. The van der Waals surface area contributed by atoms with Crippen LogP contribution in [0.25, 0.3) is 10.8 Å². The Morgan fingerprint density at radius 2 is 1.63 bits per heavy atom. The van der Waals surface area contributed by atoms with Crippen molar-refractivity contribution < 1.29 is 18.0 Å². The minimum Gasteiger partial charge on any atom is -0.398 e. The van der Waals surface area contributed by atoms with Crippen molar-refractivity contribution in [3.8, 4) is 0 Å². The molecule has 1 aliphatic rings. The molecule has 7 heteroatoms. The van der Waals surface area contributed by atoms with Crippen molar-refractivity contribution in [2.45, 2.75) is 4.90 Å². The molecular formula is C20H14N2O4S. The van der Waals surface area contributed by atoms with Gasteiger partial charge in [0, 0.05) is 11.1 Å². The van der Waals surface area contributed by atoms with Crippen molar-refractivity contribution >= 4 is 43.8 Å². The molecule has 0 spiro atoms. The molecule has 134 valence electrons. The molecule has 6 nitrogen and oxygen atoms in total. The van der Waals surface area contributed by atoms with Crippen LogP contribution in [0.1, 0.15) is 20.7 Å². The number of sulfone groups is 1. The summed E-state index contributed by atoms with van der Waals surface area (Å²) in [4.78, 5) is 26.9. The van der Waals surface area contributed by atoms with E-state index in [1.807, 2.05) is 12.1 Å². The van der Waals surface area contributed by atoms with E-state index in [0.29, 0.717) is 5.39 Å². The minimum atomic E-state index is -3.71. The van der Waals surface area contributed by atoms with Crippen LogP contribution < -0.4 is 10.6 Å². The number of carbonyl (C=O) groups excluding carboxylic acids is 2. The van der Waals surface area contributed by atoms with Gasteiger partial charge in [-0.25, -0.2) is 13.3 Å². The largest absolute Gasteiger partial charge is 0.398 e. The number of fused-ring (bicyclic) bond motifs is 3. The fourth-order valence-corrected chi connectivity index (χ4v) is 4.01. The normalized spacial score (nSPS) is 13.9. The maximum atomic E-state index is 13.1. The highest BCUT2D eigenvalue weighted by Gasteiger charge is 2.40. The molecule has 3 aromatic carbocycles. The number of anilines is 2. The highest BCUT2D eigenvalue weighted by molar-refractivity contribution is 7.94. The van der Waals surface area contributed by atoms with E-state index in [1.54, 1.807) is 18.2 Å². The molecule has 0 radical (unpaired) electrons. The number of hydrogen-bond donors (Lipinski definition) is 1. The summed E-state index contributed by atoms with van der Waals surface area (Å²) < 4.78 is 24.1. The van der Waals surface area contributed by atoms with Crippen molar-refractivity contribution in [2.75, 3.05) is 10.6 Å². The maximum Gasteiger partial charge on any atom is 0.268 e. The average Bonchev–Trinajstić information content (AvgIpc) is 2.93. The van der Waals surface area contributed by atoms with Crippen LogP contribution in [0.3, 0.4) is 0 Å². The van der Waals surface area contributed by atoms with Crippen LogP contribution in [0.5, 0.6) is 0 Å². The molecule has 27 heavy (non-hydrogen) atoms. The van der Waals surface area contributed by atoms with Crippen LogP contribution in [-0.2, 0) is 9.84 Å². The predicted molar refractivity (Wildman–Crippen MR) is 103 cm³/mol. The number of nitrogens with two attached hydrogens (primary N) is 1. The number of imide groups is 1. The molecule has 1 aliphatic heterocycles. The molecule has 0 fully saturated rings. The Labute approximate surface area is 155 Å². The van der Waals surface area contributed by atoms with E-state index in [9.17, 15) is 18.0 Å². The van der Waals surface area contributed by atoms with E-state index in [-0.39, 0.29) is 27.4 Å². The topological polar surface area (TPSA) is 97.5 Å². The Morgan fingerprint density at radius 3 is 2.37 bits per heavy atom. The third kappa shape index (κ3) is 2.43. The summed E-state index contributed by atoms with van der Waals surface area (Å²) in [6, 6.07) is 14.4. The summed E-state index contributed by atoms with van der Waals surface area (Å²) in [5.41, 5.74) is 6.77. The summed E-state index contributed by atoms with van der Waals surface area (Å²) in [6.45, 7) is 3.29. The highest BCUT2D eigenvalue weighted by Crippen LogP contribution is 2.37. The van der Waals surface area contributed by atoms with Crippen molar-refractivity contribution in [1.82, 2.24) is 0 Å². The Balaban J connectivity index is 1.93. The number of benzene rings is 3. The molecule has 0 saturated heterocycles. The van der Waals surface area contributed by atoms with Gasteiger partial charge in [0.05, 0.1) is 21.7 Å². The second-order valence-corrected chi connectivity index (χ2v) is 7.99. The average molecular weight is 378 g/mol. The number of amides is 2. The first-order valence-electron chi connectivity index (χ1n) is 8.03. The number of hydrogen-bond acceptors (Lipinski definition) is 5.